The summed E-state index contributed by atoms with van der Waals surface area (Å²) in [6, 6.07) is 71.7. The molecule has 0 amide bonds. The topological polar surface area (TPSA) is 16.4 Å². The van der Waals surface area contributed by atoms with Gasteiger partial charge in [0.25, 0.3) is 0 Å². The minimum atomic E-state index is 0.868. The van der Waals surface area contributed by atoms with Crippen LogP contribution in [0.2, 0.25) is 0 Å². The summed E-state index contributed by atoms with van der Waals surface area (Å²) in [4.78, 5) is 2.35. The van der Waals surface area contributed by atoms with Crippen molar-refractivity contribution in [3.63, 3.8) is 0 Å². The Hall–Kier alpha value is -6.90. The van der Waals surface area contributed by atoms with Gasteiger partial charge in [0.15, 0.2) is 0 Å². The molecular formula is C50H33NO. The van der Waals surface area contributed by atoms with Crippen molar-refractivity contribution in [3.8, 4) is 33.4 Å². The third-order valence-corrected chi connectivity index (χ3v) is 10.2. The molecule has 0 saturated heterocycles. The van der Waals surface area contributed by atoms with Crippen LogP contribution in [-0.2, 0) is 0 Å². The van der Waals surface area contributed by atoms with Crippen molar-refractivity contribution in [2.24, 2.45) is 0 Å². The summed E-state index contributed by atoms with van der Waals surface area (Å²) in [6.45, 7) is 0. The minimum absolute atomic E-state index is 0.868. The molecule has 0 fully saturated rings. The van der Waals surface area contributed by atoms with Crippen LogP contribution in [0.15, 0.2) is 205 Å². The highest BCUT2D eigenvalue weighted by atomic mass is 16.3. The van der Waals surface area contributed by atoms with E-state index in [1.54, 1.807) is 0 Å². The molecule has 1 aromatic heterocycles. The molecule has 0 unspecified atom stereocenters. The Morgan fingerprint density at radius 2 is 0.712 bits per heavy atom. The highest BCUT2D eigenvalue weighted by molar-refractivity contribution is 6.22. The van der Waals surface area contributed by atoms with E-state index >= 15 is 0 Å². The molecule has 9 aromatic carbocycles. The number of hydrogen-bond acceptors (Lipinski definition) is 2. The second kappa shape index (κ2) is 12.5. The van der Waals surface area contributed by atoms with Crippen LogP contribution in [0.5, 0.6) is 0 Å². The van der Waals surface area contributed by atoms with E-state index in [4.69, 9.17) is 4.42 Å². The molecule has 10 aromatic rings. The summed E-state index contributed by atoms with van der Waals surface area (Å²) < 4.78 is 6.43. The van der Waals surface area contributed by atoms with Gasteiger partial charge in [0.1, 0.15) is 11.2 Å². The lowest BCUT2D eigenvalue weighted by molar-refractivity contribution is 0.669. The molecule has 0 radical (unpaired) electrons. The summed E-state index contributed by atoms with van der Waals surface area (Å²) in [5, 5.41) is 7.16. The van der Waals surface area contributed by atoms with Gasteiger partial charge < -0.3 is 9.32 Å². The first-order valence-corrected chi connectivity index (χ1v) is 17.8. The van der Waals surface area contributed by atoms with Crippen LogP contribution in [0.4, 0.5) is 17.1 Å². The summed E-state index contributed by atoms with van der Waals surface area (Å²) in [7, 11) is 0. The van der Waals surface area contributed by atoms with Crippen LogP contribution in [0.1, 0.15) is 0 Å². The number of nitrogens with zero attached hydrogens (tertiary/aromatic N) is 1. The second-order valence-corrected chi connectivity index (χ2v) is 13.3. The normalized spacial score (nSPS) is 11.5. The minimum Gasteiger partial charge on any atom is -0.456 e. The fourth-order valence-electron chi connectivity index (χ4n) is 7.86. The van der Waals surface area contributed by atoms with Gasteiger partial charge >= 0.3 is 0 Å². The predicted octanol–water partition coefficient (Wildman–Crippen LogP) is 14.4. The number of rotatable bonds is 6. The molecule has 0 saturated carbocycles. The van der Waals surface area contributed by atoms with Crippen LogP contribution in [0.3, 0.4) is 0 Å². The average molecular weight is 664 g/mol. The molecule has 0 spiro atoms. The predicted molar refractivity (Wildman–Crippen MR) is 220 cm³/mol. The van der Waals surface area contributed by atoms with Crippen molar-refractivity contribution in [2.45, 2.75) is 0 Å². The van der Waals surface area contributed by atoms with Crippen molar-refractivity contribution in [3.05, 3.63) is 200 Å². The fraction of sp³-hybridized carbons (Fsp3) is 0. The van der Waals surface area contributed by atoms with E-state index in [9.17, 15) is 0 Å². The van der Waals surface area contributed by atoms with Gasteiger partial charge in [-0.3, -0.25) is 0 Å². The van der Waals surface area contributed by atoms with E-state index in [-0.39, 0.29) is 0 Å². The molecule has 0 atom stereocenters. The summed E-state index contributed by atoms with van der Waals surface area (Å²) in [5.74, 6) is 0. The molecule has 1 heterocycles. The lowest BCUT2D eigenvalue weighted by Gasteiger charge is -2.27. The van der Waals surface area contributed by atoms with Crippen LogP contribution in [-0.4, -0.2) is 0 Å². The van der Waals surface area contributed by atoms with Crippen molar-refractivity contribution >= 4 is 60.5 Å². The third kappa shape index (κ3) is 5.04. The standard InChI is InChI=1S/C50H33NO/c1-4-14-34(15-5-1)35-24-26-38(27-25-35)51(40-29-31-44-43-21-12-13-23-47(43)52-48(44)33-40)39-28-30-42-41-20-10-11-22-45(41)49(36-16-6-2-7-17-36)50(46(42)32-39)37-18-8-3-9-19-37/h1-33H. The van der Waals surface area contributed by atoms with E-state index < -0.39 is 0 Å². The molecule has 0 bridgehead atoms. The Kier molecular flexibility index (Phi) is 7.18. The summed E-state index contributed by atoms with van der Waals surface area (Å²) in [5.41, 5.74) is 12.2. The molecular weight excluding hydrogens is 631 g/mol. The van der Waals surface area contributed by atoms with Gasteiger partial charge in [-0.1, -0.05) is 152 Å². The maximum atomic E-state index is 6.43. The summed E-state index contributed by atoms with van der Waals surface area (Å²) in [6.07, 6.45) is 0. The monoisotopic (exact) mass is 663 g/mol. The van der Waals surface area contributed by atoms with Gasteiger partial charge in [0.2, 0.25) is 0 Å². The Balaban J connectivity index is 1.25. The largest absolute Gasteiger partial charge is 0.456 e. The third-order valence-electron chi connectivity index (χ3n) is 10.2. The number of para-hydroxylation sites is 1. The van der Waals surface area contributed by atoms with Gasteiger partial charge in [-0.2, -0.15) is 0 Å². The molecule has 0 aliphatic heterocycles. The first-order chi connectivity index (χ1) is 25.8. The van der Waals surface area contributed by atoms with Crippen LogP contribution < -0.4 is 4.90 Å². The Morgan fingerprint density at radius 1 is 0.269 bits per heavy atom. The highest BCUT2D eigenvalue weighted by Gasteiger charge is 2.21. The van der Waals surface area contributed by atoms with Crippen molar-refractivity contribution in [1.82, 2.24) is 0 Å². The molecule has 0 aliphatic carbocycles. The van der Waals surface area contributed by atoms with E-state index in [1.165, 1.54) is 54.9 Å². The zero-order chi connectivity index (χ0) is 34.4. The molecule has 0 N–H and O–H groups in total. The number of benzene rings is 9. The van der Waals surface area contributed by atoms with E-state index in [2.05, 4.69) is 193 Å². The van der Waals surface area contributed by atoms with E-state index in [0.29, 0.717) is 0 Å². The number of anilines is 3. The van der Waals surface area contributed by atoms with Gasteiger partial charge in [0.05, 0.1) is 0 Å². The van der Waals surface area contributed by atoms with Crippen molar-refractivity contribution in [1.29, 1.82) is 0 Å². The Labute approximate surface area is 302 Å². The zero-order valence-electron chi connectivity index (χ0n) is 28.4. The quantitative estimate of drug-likeness (QED) is 0.165. The molecule has 244 valence electrons. The van der Waals surface area contributed by atoms with Crippen LogP contribution >= 0.6 is 0 Å². The molecule has 52 heavy (non-hydrogen) atoms. The van der Waals surface area contributed by atoms with E-state index in [0.717, 1.165) is 39.0 Å². The Bertz CT molecular complexity index is 2870. The average Bonchev–Trinajstić information content (AvgIpc) is 3.59. The van der Waals surface area contributed by atoms with Crippen molar-refractivity contribution in [2.75, 3.05) is 4.90 Å². The molecule has 10 rings (SSSR count). The first-order valence-electron chi connectivity index (χ1n) is 17.8. The molecule has 2 nitrogen and oxygen atoms in total. The summed E-state index contributed by atoms with van der Waals surface area (Å²) >= 11 is 0. The smallest absolute Gasteiger partial charge is 0.137 e. The van der Waals surface area contributed by atoms with Gasteiger partial charge in [-0.15, -0.1) is 0 Å². The zero-order valence-corrected chi connectivity index (χ0v) is 28.4. The maximum absolute atomic E-state index is 6.43. The van der Waals surface area contributed by atoms with Crippen molar-refractivity contribution < 1.29 is 4.42 Å². The number of furan rings is 1. The molecule has 0 aliphatic rings. The SMILES string of the molecule is c1ccc(-c2ccc(N(c3ccc4c(c3)oc3ccccc34)c3ccc4c(c3)c(-c3ccccc3)c(-c3ccccc3)c3ccccc34)cc2)cc1. The first kappa shape index (κ1) is 30.0. The van der Waals surface area contributed by atoms with Crippen LogP contribution in [0.25, 0.3) is 76.9 Å². The lowest BCUT2D eigenvalue weighted by Crippen LogP contribution is -2.10. The van der Waals surface area contributed by atoms with Gasteiger partial charge in [-0.05, 0) is 97.4 Å². The van der Waals surface area contributed by atoms with Gasteiger partial charge in [0, 0.05) is 33.9 Å². The maximum Gasteiger partial charge on any atom is 0.137 e. The number of fused-ring (bicyclic) bond motifs is 6. The lowest BCUT2D eigenvalue weighted by atomic mass is 9.85. The van der Waals surface area contributed by atoms with E-state index in [1.807, 2.05) is 12.1 Å². The number of hydrogen-bond donors (Lipinski definition) is 0. The second-order valence-electron chi connectivity index (χ2n) is 13.3. The fourth-order valence-corrected chi connectivity index (χ4v) is 7.86. The molecule has 2 heteroatoms. The van der Waals surface area contributed by atoms with Crippen LogP contribution in [0, 0.1) is 0 Å². The Morgan fingerprint density at radius 3 is 1.38 bits per heavy atom. The van der Waals surface area contributed by atoms with Gasteiger partial charge in [-0.25, -0.2) is 0 Å². The highest BCUT2D eigenvalue weighted by Crippen LogP contribution is 2.47.